The van der Waals surface area contributed by atoms with Gasteiger partial charge in [0.15, 0.2) is 0 Å². The van der Waals surface area contributed by atoms with Gasteiger partial charge in [-0.3, -0.25) is 4.79 Å². The fraction of sp³-hybridized carbons (Fsp3) is 0.417. The predicted octanol–water partition coefficient (Wildman–Crippen LogP) is 2.62. The van der Waals surface area contributed by atoms with Crippen LogP contribution in [-0.2, 0) is 9.53 Å². The van der Waals surface area contributed by atoms with Crippen LogP contribution in [0.3, 0.4) is 0 Å². The molecule has 0 saturated heterocycles. The second-order valence-electron chi connectivity index (χ2n) is 3.87. The molecule has 3 nitrogen and oxygen atoms in total. The first kappa shape index (κ1) is 12.9. The molecule has 0 fully saturated rings. The molecular weight excluding hydrogens is 222 g/mol. The molecule has 2 N–H and O–H groups in total. The lowest BCUT2D eigenvalue weighted by Crippen LogP contribution is -2.13. The third-order valence-corrected chi connectivity index (χ3v) is 2.93. The van der Waals surface area contributed by atoms with Gasteiger partial charge in [-0.05, 0) is 38.5 Å². The Kier molecular flexibility index (Phi) is 4.68. The summed E-state index contributed by atoms with van der Waals surface area (Å²) in [7, 11) is 0. The van der Waals surface area contributed by atoms with Crippen LogP contribution in [0, 0.1) is 6.92 Å². The van der Waals surface area contributed by atoms with E-state index in [1.807, 2.05) is 39.0 Å². The predicted molar refractivity (Wildman–Crippen MR) is 67.5 cm³/mol. The highest BCUT2D eigenvalue weighted by Gasteiger charge is 2.08. The van der Waals surface area contributed by atoms with Gasteiger partial charge in [-0.25, -0.2) is 0 Å². The van der Waals surface area contributed by atoms with Gasteiger partial charge in [0, 0.05) is 10.6 Å². The van der Waals surface area contributed by atoms with Crippen molar-refractivity contribution < 1.29 is 9.53 Å². The van der Waals surface area contributed by atoms with Crippen molar-refractivity contribution in [2.24, 2.45) is 0 Å². The Morgan fingerprint density at radius 2 is 2.19 bits per heavy atom. The Morgan fingerprint density at radius 1 is 1.50 bits per heavy atom. The monoisotopic (exact) mass is 239 g/mol. The second-order valence-corrected chi connectivity index (χ2v) is 4.89. The molecule has 1 rings (SSSR count). The van der Waals surface area contributed by atoms with Gasteiger partial charge < -0.3 is 10.5 Å². The molecule has 0 heterocycles. The van der Waals surface area contributed by atoms with Crippen molar-refractivity contribution in [3.05, 3.63) is 23.8 Å². The lowest BCUT2D eigenvalue weighted by Gasteiger charge is -2.09. The van der Waals surface area contributed by atoms with Crippen LogP contribution in [0.2, 0.25) is 0 Å². The standard InChI is InChI=1S/C12H17NO2S/c1-8(2)15-12(14)7-16-11-6-9(3)4-5-10(11)13/h4-6,8H,7,13H2,1-3H3. The Balaban J connectivity index is 2.54. The van der Waals surface area contributed by atoms with Crippen molar-refractivity contribution in [1.82, 2.24) is 0 Å². The molecule has 0 atom stereocenters. The quantitative estimate of drug-likeness (QED) is 0.498. The van der Waals surface area contributed by atoms with Gasteiger partial charge in [0.1, 0.15) is 0 Å². The van der Waals surface area contributed by atoms with E-state index in [0.717, 1.165) is 10.5 Å². The average Bonchev–Trinajstić information content (AvgIpc) is 2.18. The SMILES string of the molecule is Cc1ccc(N)c(SCC(=O)OC(C)C)c1. The van der Waals surface area contributed by atoms with Crippen LogP contribution in [0.1, 0.15) is 19.4 Å². The molecule has 0 saturated carbocycles. The number of carbonyl (C=O) groups is 1. The molecule has 1 aromatic carbocycles. The van der Waals surface area contributed by atoms with Gasteiger partial charge in [0.25, 0.3) is 0 Å². The highest BCUT2D eigenvalue weighted by Crippen LogP contribution is 2.25. The van der Waals surface area contributed by atoms with Crippen molar-refractivity contribution >= 4 is 23.4 Å². The molecule has 0 aromatic heterocycles. The molecular formula is C12H17NO2S. The smallest absolute Gasteiger partial charge is 0.316 e. The van der Waals surface area contributed by atoms with Crippen molar-refractivity contribution in [3.8, 4) is 0 Å². The largest absolute Gasteiger partial charge is 0.462 e. The molecule has 0 aliphatic carbocycles. The van der Waals surface area contributed by atoms with Crippen LogP contribution in [0.15, 0.2) is 23.1 Å². The van der Waals surface area contributed by atoms with E-state index in [0.29, 0.717) is 11.4 Å². The van der Waals surface area contributed by atoms with Crippen LogP contribution in [-0.4, -0.2) is 17.8 Å². The lowest BCUT2D eigenvalue weighted by molar-refractivity contribution is -0.144. The fourth-order valence-corrected chi connectivity index (χ4v) is 2.05. The number of aryl methyl sites for hydroxylation is 1. The van der Waals surface area contributed by atoms with Crippen molar-refractivity contribution in [2.45, 2.75) is 31.8 Å². The van der Waals surface area contributed by atoms with E-state index < -0.39 is 0 Å². The van der Waals surface area contributed by atoms with Gasteiger partial charge in [0.2, 0.25) is 0 Å². The number of hydrogen-bond acceptors (Lipinski definition) is 4. The third kappa shape index (κ3) is 4.14. The topological polar surface area (TPSA) is 52.3 Å². The van der Waals surface area contributed by atoms with Gasteiger partial charge in [-0.1, -0.05) is 6.07 Å². The molecule has 16 heavy (non-hydrogen) atoms. The van der Waals surface area contributed by atoms with Crippen molar-refractivity contribution in [3.63, 3.8) is 0 Å². The number of ether oxygens (including phenoxy) is 1. The van der Waals surface area contributed by atoms with Crippen molar-refractivity contribution in [1.29, 1.82) is 0 Å². The normalized spacial score (nSPS) is 10.5. The van der Waals surface area contributed by atoms with Crippen LogP contribution in [0.5, 0.6) is 0 Å². The lowest BCUT2D eigenvalue weighted by atomic mass is 10.2. The van der Waals surface area contributed by atoms with Gasteiger partial charge in [-0.15, -0.1) is 11.8 Å². The Bertz CT molecular complexity index is 377. The minimum Gasteiger partial charge on any atom is -0.462 e. The minimum atomic E-state index is -0.207. The molecule has 0 spiro atoms. The highest BCUT2D eigenvalue weighted by molar-refractivity contribution is 8.00. The Morgan fingerprint density at radius 3 is 2.81 bits per heavy atom. The van der Waals surface area contributed by atoms with E-state index in [-0.39, 0.29) is 12.1 Å². The molecule has 0 aliphatic heterocycles. The number of nitrogen functional groups attached to an aromatic ring is 1. The number of anilines is 1. The minimum absolute atomic E-state index is 0.0667. The second kappa shape index (κ2) is 5.80. The van der Waals surface area contributed by atoms with Crippen LogP contribution in [0.4, 0.5) is 5.69 Å². The molecule has 0 unspecified atom stereocenters. The molecule has 0 bridgehead atoms. The van der Waals surface area contributed by atoms with Gasteiger partial charge in [-0.2, -0.15) is 0 Å². The van der Waals surface area contributed by atoms with Crippen LogP contribution >= 0.6 is 11.8 Å². The summed E-state index contributed by atoms with van der Waals surface area (Å²) in [6, 6.07) is 5.78. The summed E-state index contributed by atoms with van der Waals surface area (Å²) in [5.74, 6) is 0.0900. The fourth-order valence-electron chi connectivity index (χ4n) is 1.20. The molecule has 4 heteroatoms. The molecule has 0 aliphatic rings. The van der Waals surface area contributed by atoms with E-state index in [4.69, 9.17) is 10.5 Å². The first-order chi connectivity index (χ1) is 7.49. The maximum atomic E-state index is 11.3. The Labute approximate surface area is 100 Å². The summed E-state index contributed by atoms with van der Waals surface area (Å²) in [6.07, 6.45) is -0.0667. The van der Waals surface area contributed by atoms with Crippen LogP contribution < -0.4 is 5.73 Å². The first-order valence-electron chi connectivity index (χ1n) is 5.17. The zero-order valence-electron chi connectivity index (χ0n) is 9.82. The summed E-state index contributed by atoms with van der Waals surface area (Å²) >= 11 is 1.41. The maximum Gasteiger partial charge on any atom is 0.316 e. The van der Waals surface area contributed by atoms with E-state index in [2.05, 4.69) is 0 Å². The summed E-state index contributed by atoms with van der Waals surface area (Å²) in [6.45, 7) is 5.67. The molecule has 0 amide bonds. The third-order valence-electron chi connectivity index (χ3n) is 1.88. The molecule has 88 valence electrons. The summed E-state index contributed by atoms with van der Waals surface area (Å²) in [5.41, 5.74) is 7.64. The number of nitrogens with two attached hydrogens (primary N) is 1. The van der Waals surface area contributed by atoms with E-state index in [1.54, 1.807) is 0 Å². The van der Waals surface area contributed by atoms with E-state index in [1.165, 1.54) is 11.8 Å². The van der Waals surface area contributed by atoms with E-state index in [9.17, 15) is 4.79 Å². The van der Waals surface area contributed by atoms with E-state index >= 15 is 0 Å². The zero-order chi connectivity index (χ0) is 12.1. The average molecular weight is 239 g/mol. The maximum absolute atomic E-state index is 11.3. The first-order valence-corrected chi connectivity index (χ1v) is 6.16. The zero-order valence-corrected chi connectivity index (χ0v) is 10.6. The Hall–Kier alpha value is -1.16. The number of esters is 1. The van der Waals surface area contributed by atoms with Gasteiger partial charge >= 0.3 is 5.97 Å². The highest BCUT2D eigenvalue weighted by atomic mass is 32.2. The number of benzene rings is 1. The molecule has 0 radical (unpaired) electrons. The number of hydrogen-bond donors (Lipinski definition) is 1. The summed E-state index contributed by atoms with van der Waals surface area (Å²) in [4.78, 5) is 12.3. The van der Waals surface area contributed by atoms with Crippen LogP contribution in [0.25, 0.3) is 0 Å². The summed E-state index contributed by atoms with van der Waals surface area (Å²) < 4.78 is 5.04. The van der Waals surface area contributed by atoms with Gasteiger partial charge in [0.05, 0.1) is 11.9 Å². The number of thioether (sulfide) groups is 1. The number of carbonyl (C=O) groups excluding carboxylic acids is 1. The number of rotatable bonds is 4. The molecule has 1 aromatic rings. The summed E-state index contributed by atoms with van der Waals surface area (Å²) in [5, 5.41) is 0. The van der Waals surface area contributed by atoms with Crippen molar-refractivity contribution in [2.75, 3.05) is 11.5 Å².